The zero-order chi connectivity index (χ0) is 21.5. The Morgan fingerprint density at radius 3 is 2.47 bits per heavy atom. The lowest BCUT2D eigenvalue weighted by Crippen LogP contribution is -2.51. The van der Waals surface area contributed by atoms with E-state index in [4.69, 9.17) is 0 Å². The Kier molecular flexibility index (Phi) is 8.49. The lowest BCUT2D eigenvalue weighted by molar-refractivity contribution is -0.136. The van der Waals surface area contributed by atoms with Crippen molar-refractivity contribution in [3.05, 3.63) is 17.6 Å². The predicted octanol–water partition coefficient (Wildman–Crippen LogP) is 3.89. The second-order valence-corrected chi connectivity index (χ2v) is 9.05. The summed E-state index contributed by atoms with van der Waals surface area (Å²) in [6, 6.07) is 0.719. The summed E-state index contributed by atoms with van der Waals surface area (Å²) >= 11 is 0. The minimum atomic E-state index is 0.102. The van der Waals surface area contributed by atoms with Crippen LogP contribution >= 0.6 is 0 Å². The van der Waals surface area contributed by atoms with Gasteiger partial charge in [-0.3, -0.25) is 9.69 Å². The highest BCUT2D eigenvalue weighted by atomic mass is 16.2. The van der Waals surface area contributed by atoms with E-state index in [0.717, 1.165) is 69.5 Å². The third-order valence-corrected chi connectivity index (χ3v) is 6.93. The molecule has 3 rings (SSSR count). The van der Waals surface area contributed by atoms with Crippen LogP contribution in [-0.4, -0.2) is 64.4 Å². The number of rotatable bonds is 9. The highest BCUT2D eigenvalue weighted by Gasteiger charge is 2.30. The number of fused-ring (bicyclic) bond motifs is 1. The first-order valence-electron chi connectivity index (χ1n) is 12.2. The fourth-order valence-corrected chi connectivity index (χ4v) is 5.05. The summed E-state index contributed by atoms with van der Waals surface area (Å²) in [5, 5.41) is 0. The number of piperazine rings is 1. The monoisotopic (exact) mass is 415 g/mol. The minimum Gasteiger partial charge on any atom is -0.354 e. The largest absolute Gasteiger partial charge is 0.354 e. The van der Waals surface area contributed by atoms with E-state index in [1.807, 2.05) is 4.90 Å². The molecule has 0 aliphatic carbocycles. The Balaban J connectivity index is 1.63. The van der Waals surface area contributed by atoms with Crippen LogP contribution in [0.3, 0.4) is 0 Å². The second kappa shape index (κ2) is 11.1. The lowest BCUT2D eigenvalue weighted by Gasteiger charge is -2.41. The minimum absolute atomic E-state index is 0.102. The smallest absolute Gasteiger partial charge is 0.225 e. The number of hydrogen-bond acceptors (Lipinski definition) is 5. The summed E-state index contributed by atoms with van der Waals surface area (Å²) in [5.41, 5.74) is 2.30. The molecule has 2 aliphatic rings. The molecule has 0 saturated carbocycles. The van der Waals surface area contributed by atoms with Crippen molar-refractivity contribution < 1.29 is 4.79 Å². The number of unbranched alkanes of at least 4 members (excludes halogenated alkanes) is 1. The fourth-order valence-electron chi connectivity index (χ4n) is 5.05. The lowest BCUT2D eigenvalue weighted by atomic mass is 10.00. The molecule has 1 fully saturated rings. The quantitative estimate of drug-likeness (QED) is 0.612. The maximum absolute atomic E-state index is 12.8. The van der Waals surface area contributed by atoms with Gasteiger partial charge in [0.05, 0.1) is 12.2 Å². The van der Waals surface area contributed by atoms with Crippen molar-refractivity contribution in [2.24, 2.45) is 5.92 Å². The molecule has 168 valence electrons. The second-order valence-electron chi connectivity index (χ2n) is 9.05. The zero-order valence-electron chi connectivity index (χ0n) is 19.6. The van der Waals surface area contributed by atoms with Crippen LogP contribution in [0.5, 0.6) is 0 Å². The van der Waals surface area contributed by atoms with Gasteiger partial charge in [0, 0.05) is 50.2 Å². The zero-order valence-corrected chi connectivity index (χ0v) is 19.6. The van der Waals surface area contributed by atoms with Gasteiger partial charge in [-0.15, -0.1) is 0 Å². The van der Waals surface area contributed by atoms with Gasteiger partial charge in [0.2, 0.25) is 5.91 Å². The van der Waals surface area contributed by atoms with E-state index in [1.165, 1.54) is 31.2 Å². The van der Waals surface area contributed by atoms with Crippen LogP contribution < -0.4 is 4.90 Å². The molecule has 1 amide bonds. The van der Waals surface area contributed by atoms with Crippen molar-refractivity contribution >= 4 is 11.7 Å². The molecule has 0 bridgehead atoms. The standard InChI is InChI=1S/C24H41N5O/c1-5-8-10-20(7-3)27-13-15-28(16-14-27)23-21-11-12-29(17-22(21)25-18-26-23)24(30)19(4)9-6-2/h18-20H,5-17H2,1-4H3. The number of amides is 1. The average Bonchev–Trinajstić information content (AvgIpc) is 2.79. The molecule has 2 aliphatic heterocycles. The van der Waals surface area contributed by atoms with Gasteiger partial charge in [-0.05, 0) is 25.7 Å². The Labute approximate surface area is 183 Å². The molecule has 3 heterocycles. The van der Waals surface area contributed by atoms with Crippen LogP contribution in [0.15, 0.2) is 6.33 Å². The molecule has 0 aromatic carbocycles. The van der Waals surface area contributed by atoms with Crippen molar-refractivity contribution in [3.8, 4) is 0 Å². The number of aromatic nitrogens is 2. The van der Waals surface area contributed by atoms with Gasteiger partial charge in [0.1, 0.15) is 12.1 Å². The molecule has 1 saturated heterocycles. The van der Waals surface area contributed by atoms with Gasteiger partial charge in [-0.2, -0.15) is 0 Å². The van der Waals surface area contributed by atoms with Gasteiger partial charge in [0.25, 0.3) is 0 Å². The normalized spacial score (nSPS) is 19.5. The van der Waals surface area contributed by atoms with Crippen LogP contribution in [0.2, 0.25) is 0 Å². The van der Waals surface area contributed by atoms with Crippen molar-refractivity contribution in [2.45, 2.75) is 85.2 Å². The molecular formula is C24H41N5O. The van der Waals surface area contributed by atoms with Gasteiger partial charge in [0.15, 0.2) is 0 Å². The van der Waals surface area contributed by atoms with E-state index in [9.17, 15) is 4.79 Å². The molecular weight excluding hydrogens is 374 g/mol. The Bertz CT molecular complexity index is 686. The highest BCUT2D eigenvalue weighted by molar-refractivity contribution is 5.78. The van der Waals surface area contributed by atoms with Crippen LogP contribution in [0.4, 0.5) is 5.82 Å². The topological polar surface area (TPSA) is 52.6 Å². The maximum atomic E-state index is 12.8. The van der Waals surface area contributed by atoms with E-state index >= 15 is 0 Å². The Hall–Kier alpha value is -1.69. The molecule has 6 heteroatoms. The molecule has 6 nitrogen and oxygen atoms in total. The summed E-state index contributed by atoms with van der Waals surface area (Å²) in [6.45, 7) is 14.5. The number of nitrogens with zero attached hydrogens (tertiary/aromatic N) is 5. The number of anilines is 1. The van der Waals surface area contributed by atoms with Gasteiger partial charge >= 0.3 is 0 Å². The van der Waals surface area contributed by atoms with E-state index in [0.29, 0.717) is 6.54 Å². The van der Waals surface area contributed by atoms with Gasteiger partial charge in [-0.25, -0.2) is 9.97 Å². The number of hydrogen-bond donors (Lipinski definition) is 0. The summed E-state index contributed by atoms with van der Waals surface area (Å²) in [6.07, 6.45) is 9.72. The van der Waals surface area contributed by atoms with Crippen molar-refractivity contribution in [1.29, 1.82) is 0 Å². The predicted molar refractivity (Wildman–Crippen MR) is 123 cm³/mol. The van der Waals surface area contributed by atoms with E-state index in [-0.39, 0.29) is 11.8 Å². The van der Waals surface area contributed by atoms with Gasteiger partial charge < -0.3 is 9.80 Å². The third kappa shape index (κ3) is 5.32. The number of carbonyl (C=O) groups is 1. The first kappa shape index (κ1) is 23.0. The SMILES string of the molecule is CCCCC(CC)N1CCN(c2ncnc3c2CCN(C(=O)C(C)CCC)C3)CC1. The molecule has 0 radical (unpaired) electrons. The first-order chi connectivity index (χ1) is 14.6. The van der Waals surface area contributed by atoms with Crippen LogP contribution in [0.25, 0.3) is 0 Å². The summed E-state index contributed by atoms with van der Waals surface area (Å²) in [7, 11) is 0. The Morgan fingerprint density at radius 2 is 1.80 bits per heavy atom. The van der Waals surface area contributed by atoms with Crippen LogP contribution in [-0.2, 0) is 17.8 Å². The van der Waals surface area contributed by atoms with Crippen molar-refractivity contribution in [1.82, 2.24) is 19.8 Å². The first-order valence-corrected chi connectivity index (χ1v) is 12.2. The van der Waals surface area contributed by atoms with E-state index < -0.39 is 0 Å². The molecule has 1 aromatic rings. The van der Waals surface area contributed by atoms with Gasteiger partial charge in [-0.1, -0.05) is 47.0 Å². The highest BCUT2D eigenvalue weighted by Crippen LogP contribution is 2.28. The molecule has 2 unspecified atom stereocenters. The maximum Gasteiger partial charge on any atom is 0.225 e. The summed E-state index contributed by atoms with van der Waals surface area (Å²) in [5.74, 6) is 1.48. The fraction of sp³-hybridized carbons (Fsp3) is 0.792. The summed E-state index contributed by atoms with van der Waals surface area (Å²) in [4.78, 5) is 29.1. The Morgan fingerprint density at radius 1 is 1.03 bits per heavy atom. The van der Waals surface area contributed by atoms with Crippen LogP contribution in [0.1, 0.15) is 77.5 Å². The average molecular weight is 416 g/mol. The molecule has 2 atom stereocenters. The van der Waals surface area contributed by atoms with Crippen molar-refractivity contribution in [2.75, 3.05) is 37.6 Å². The van der Waals surface area contributed by atoms with Crippen LogP contribution in [0, 0.1) is 5.92 Å². The number of carbonyl (C=O) groups excluding carboxylic acids is 1. The van der Waals surface area contributed by atoms with Crippen molar-refractivity contribution in [3.63, 3.8) is 0 Å². The van der Waals surface area contributed by atoms with E-state index in [1.54, 1.807) is 6.33 Å². The third-order valence-electron chi connectivity index (χ3n) is 6.93. The summed E-state index contributed by atoms with van der Waals surface area (Å²) < 4.78 is 0. The molecule has 1 aromatic heterocycles. The molecule has 0 spiro atoms. The molecule has 30 heavy (non-hydrogen) atoms. The molecule has 0 N–H and O–H groups in total. The van der Waals surface area contributed by atoms with E-state index in [2.05, 4.69) is 47.5 Å².